The summed E-state index contributed by atoms with van der Waals surface area (Å²) in [6.07, 6.45) is 0. The zero-order chi connectivity index (χ0) is 18.7. The SMILES string of the molecule is CC(C)(C)n1nnnc1SCC(=O)N1CCN(c2cccc(Cl)c2)CC1. The Morgan fingerprint density at radius 3 is 2.62 bits per heavy atom. The molecular weight excluding hydrogens is 372 g/mol. The van der Waals surface area contributed by atoms with E-state index in [0.717, 1.165) is 23.8 Å². The van der Waals surface area contributed by atoms with Crippen LogP contribution in [0, 0.1) is 0 Å². The molecule has 140 valence electrons. The number of aromatic nitrogens is 4. The number of thioether (sulfide) groups is 1. The highest BCUT2D eigenvalue weighted by atomic mass is 35.5. The van der Waals surface area contributed by atoms with Crippen molar-refractivity contribution in [3.63, 3.8) is 0 Å². The van der Waals surface area contributed by atoms with Gasteiger partial charge < -0.3 is 9.80 Å². The normalized spacial score (nSPS) is 15.4. The fourth-order valence-corrected chi connectivity index (χ4v) is 3.94. The van der Waals surface area contributed by atoms with E-state index in [1.54, 1.807) is 4.68 Å². The van der Waals surface area contributed by atoms with Gasteiger partial charge in [-0.1, -0.05) is 29.4 Å². The lowest BCUT2D eigenvalue weighted by molar-refractivity contribution is -0.128. The Morgan fingerprint density at radius 2 is 1.96 bits per heavy atom. The lowest BCUT2D eigenvalue weighted by Gasteiger charge is -2.36. The molecule has 1 aromatic heterocycles. The van der Waals surface area contributed by atoms with Crippen LogP contribution >= 0.6 is 23.4 Å². The van der Waals surface area contributed by atoms with Crippen molar-refractivity contribution in [2.45, 2.75) is 31.5 Å². The Balaban J connectivity index is 1.52. The van der Waals surface area contributed by atoms with Gasteiger partial charge in [0.25, 0.3) is 0 Å². The zero-order valence-corrected chi connectivity index (χ0v) is 16.8. The van der Waals surface area contributed by atoms with Gasteiger partial charge in [0.2, 0.25) is 11.1 Å². The third-order valence-electron chi connectivity index (χ3n) is 4.21. The van der Waals surface area contributed by atoms with E-state index in [4.69, 9.17) is 11.6 Å². The molecule has 0 aliphatic carbocycles. The maximum atomic E-state index is 12.5. The second-order valence-electron chi connectivity index (χ2n) is 7.18. The molecule has 0 bridgehead atoms. The van der Waals surface area contributed by atoms with Crippen LogP contribution in [0.15, 0.2) is 29.4 Å². The molecule has 1 amide bonds. The molecule has 2 heterocycles. The molecule has 0 saturated carbocycles. The monoisotopic (exact) mass is 394 g/mol. The number of halogens is 1. The fraction of sp³-hybridized carbons (Fsp3) is 0.529. The number of tetrazole rings is 1. The number of hydrogen-bond donors (Lipinski definition) is 0. The number of anilines is 1. The summed E-state index contributed by atoms with van der Waals surface area (Å²) in [6, 6.07) is 7.82. The predicted molar refractivity (Wildman–Crippen MR) is 104 cm³/mol. The Kier molecular flexibility index (Phi) is 5.72. The van der Waals surface area contributed by atoms with Gasteiger partial charge in [-0.2, -0.15) is 0 Å². The quantitative estimate of drug-likeness (QED) is 0.742. The van der Waals surface area contributed by atoms with Gasteiger partial charge in [0.15, 0.2) is 0 Å². The second kappa shape index (κ2) is 7.84. The van der Waals surface area contributed by atoms with E-state index in [1.165, 1.54) is 11.8 Å². The summed E-state index contributed by atoms with van der Waals surface area (Å²) in [5.74, 6) is 0.456. The summed E-state index contributed by atoms with van der Waals surface area (Å²) in [6.45, 7) is 9.11. The molecule has 2 aromatic rings. The average Bonchev–Trinajstić information content (AvgIpc) is 3.09. The number of piperazine rings is 1. The van der Waals surface area contributed by atoms with Crippen LogP contribution < -0.4 is 4.90 Å². The van der Waals surface area contributed by atoms with Gasteiger partial charge in [-0.25, -0.2) is 4.68 Å². The van der Waals surface area contributed by atoms with Crippen molar-refractivity contribution < 1.29 is 4.79 Å². The zero-order valence-electron chi connectivity index (χ0n) is 15.2. The van der Waals surface area contributed by atoms with Crippen molar-refractivity contribution in [3.8, 4) is 0 Å². The number of benzene rings is 1. The van der Waals surface area contributed by atoms with E-state index >= 15 is 0 Å². The second-order valence-corrected chi connectivity index (χ2v) is 8.56. The van der Waals surface area contributed by atoms with E-state index < -0.39 is 0 Å². The molecule has 7 nitrogen and oxygen atoms in total. The first-order valence-corrected chi connectivity index (χ1v) is 9.91. The summed E-state index contributed by atoms with van der Waals surface area (Å²) >= 11 is 7.45. The first kappa shape index (κ1) is 19.0. The molecule has 0 N–H and O–H groups in total. The van der Waals surface area contributed by atoms with Crippen molar-refractivity contribution in [1.82, 2.24) is 25.1 Å². The molecule has 0 atom stereocenters. The van der Waals surface area contributed by atoms with Crippen molar-refractivity contribution in [1.29, 1.82) is 0 Å². The minimum Gasteiger partial charge on any atom is -0.368 e. The van der Waals surface area contributed by atoms with Crippen LogP contribution in [0.5, 0.6) is 0 Å². The lowest BCUT2D eigenvalue weighted by Crippen LogP contribution is -2.49. The number of amides is 1. The highest BCUT2D eigenvalue weighted by Gasteiger charge is 2.24. The van der Waals surface area contributed by atoms with Gasteiger partial charge in [0.05, 0.1) is 11.3 Å². The summed E-state index contributed by atoms with van der Waals surface area (Å²) in [4.78, 5) is 16.7. The molecule has 0 unspecified atom stereocenters. The van der Waals surface area contributed by atoms with E-state index in [9.17, 15) is 4.79 Å². The number of carbonyl (C=O) groups is 1. The first-order chi connectivity index (χ1) is 12.3. The molecule has 1 aliphatic rings. The van der Waals surface area contributed by atoms with Gasteiger partial charge in [0, 0.05) is 36.9 Å². The topological polar surface area (TPSA) is 67.2 Å². The minimum absolute atomic E-state index is 0.115. The lowest BCUT2D eigenvalue weighted by atomic mass is 10.1. The number of carbonyl (C=O) groups excluding carboxylic acids is 1. The Bertz CT molecular complexity index is 767. The maximum absolute atomic E-state index is 12.5. The van der Waals surface area contributed by atoms with Crippen LogP contribution in [0.1, 0.15) is 20.8 Å². The van der Waals surface area contributed by atoms with Gasteiger partial charge >= 0.3 is 0 Å². The van der Waals surface area contributed by atoms with E-state index in [0.29, 0.717) is 24.0 Å². The largest absolute Gasteiger partial charge is 0.368 e. The standard InChI is InChI=1S/C17H23ClN6OS/c1-17(2,3)24-16(19-20-21-24)26-12-15(25)23-9-7-22(8-10-23)14-6-4-5-13(18)11-14/h4-6,11H,7-10,12H2,1-3H3. The minimum atomic E-state index is -0.211. The summed E-state index contributed by atoms with van der Waals surface area (Å²) in [7, 11) is 0. The van der Waals surface area contributed by atoms with Crippen LogP contribution in [-0.4, -0.2) is 62.9 Å². The molecule has 9 heteroatoms. The molecule has 1 fully saturated rings. The number of nitrogens with zero attached hydrogens (tertiary/aromatic N) is 6. The van der Waals surface area contributed by atoms with Crippen LogP contribution in [0.2, 0.25) is 5.02 Å². The van der Waals surface area contributed by atoms with Crippen molar-refractivity contribution in [2.75, 3.05) is 36.8 Å². The van der Waals surface area contributed by atoms with Crippen LogP contribution in [-0.2, 0) is 10.3 Å². The summed E-state index contributed by atoms with van der Waals surface area (Å²) in [5, 5.41) is 13.2. The van der Waals surface area contributed by atoms with Crippen molar-refractivity contribution in [2.24, 2.45) is 0 Å². The number of rotatable bonds is 4. The van der Waals surface area contributed by atoms with E-state index in [-0.39, 0.29) is 11.4 Å². The van der Waals surface area contributed by atoms with Crippen molar-refractivity contribution >= 4 is 35.0 Å². The van der Waals surface area contributed by atoms with Crippen LogP contribution in [0.25, 0.3) is 0 Å². The molecule has 1 aliphatic heterocycles. The maximum Gasteiger partial charge on any atom is 0.233 e. The smallest absolute Gasteiger partial charge is 0.233 e. The van der Waals surface area contributed by atoms with Crippen LogP contribution in [0.3, 0.4) is 0 Å². The predicted octanol–water partition coefficient (Wildman–Crippen LogP) is 2.52. The Hall–Kier alpha value is -1.80. The third kappa shape index (κ3) is 4.48. The molecule has 1 aromatic carbocycles. The molecule has 3 rings (SSSR count). The van der Waals surface area contributed by atoms with Gasteiger partial charge in [-0.3, -0.25) is 4.79 Å². The molecular formula is C17H23ClN6OS. The molecule has 1 saturated heterocycles. The van der Waals surface area contributed by atoms with Gasteiger partial charge in [-0.05, 0) is 49.4 Å². The fourth-order valence-electron chi connectivity index (χ4n) is 2.79. The van der Waals surface area contributed by atoms with Crippen LogP contribution in [0.4, 0.5) is 5.69 Å². The summed E-state index contributed by atoms with van der Waals surface area (Å²) < 4.78 is 1.75. The summed E-state index contributed by atoms with van der Waals surface area (Å²) in [5.41, 5.74) is 0.889. The van der Waals surface area contributed by atoms with Gasteiger partial charge in [0.1, 0.15) is 0 Å². The van der Waals surface area contributed by atoms with E-state index in [1.807, 2.05) is 49.9 Å². The first-order valence-electron chi connectivity index (χ1n) is 8.54. The highest BCUT2D eigenvalue weighted by Crippen LogP contribution is 2.23. The van der Waals surface area contributed by atoms with Gasteiger partial charge in [-0.15, -0.1) is 5.10 Å². The average molecular weight is 395 g/mol. The van der Waals surface area contributed by atoms with Crippen molar-refractivity contribution in [3.05, 3.63) is 29.3 Å². The Labute approximate surface area is 162 Å². The molecule has 0 radical (unpaired) electrons. The van der Waals surface area contributed by atoms with E-state index in [2.05, 4.69) is 20.4 Å². The third-order valence-corrected chi connectivity index (χ3v) is 5.35. The highest BCUT2D eigenvalue weighted by molar-refractivity contribution is 7.99. The molecule has 26 heavy (non-hydrogen) atoms. The Morgan fingerprint density at radius 1 is 1.23 bits per heavy atom. The molecule has 0 spiro atoms. The number of hydrogen-bond acceptors (Lipinski definition) is 6.